The molecule has 0 spiro atoms. The van der Waals surface area contributed by atoms with Gasteiger partial charge in [0.1, 0.15) is 5.82 Å². The minimum Gasteiger partial charge on any atom is -0.370 e. The molecule has 0 aliphatic heterocycles. The highest BCUT2D eigenvalue weighted by Crippen LogP contribution is 2.20. The van der Waals surface area contributed by atoms with E-state index in [9.17, 15) is 0 Å². The van der Waals surface area contributed by atoms with Gasteiger partial charge in [-0.25, -0.2) is 4.98 Å². The third-order valence-corrected chi connectivity index (χ3v) is 3.39. The van der Waals surface area contributed by atoms with Crippen molar-refractivity contribution in [3.8, 4) is 0 Å². The van der Waals surface area contributed by atoms with Gasteiger partial charge in [0, 0.05) is 23.5 Å². The molecule has 0 fully saturated rings. The van der Waals surface area contributed by atoms with Crippen LogP contribution in [0.15, 0.2) is 36.5 Å². The highest BCUT2D eigenvalue weighted by molar-refractivity contribution is 6.20. The molecule has 0 saturated heterocycles. The second-order valence-corrected chi connectivity index (χ2v) is 4.72. The Kier molecular flexibility index (Phi) is 4.21. The van der Waals surface area contributed by atoms with Crippen LogP contribution in [0.4, 0.5) is 5.82 Å². The van der Waals surface area contributed by atoms with Crippen molar-refractivity contribution in [1.82, 2.24) is 4.98 Å². The second kappa shape index (κ2) is 5.87. The average molecular weight is 249 g/mol. The molecule has 0 aliphatic rings. The van der Waals surface area contributed by atoms with Crippen LogP contribution < -0.4 is 5.32 Å². The normalized spacial score (nSPS) is 12.6. The van der Waals surface area contributed by atoms with Crippen LogP contribution >= 0.6 is 11.6 Å². The van der Waals surface area contributed by atoms with Gasteiger partial charge in [-0.05, 0) is 24.3 Å². The van der Waals surface area contributed by atoms with E-state index < -0.39 is 0 Å². The van der Waals surface area contributed by atoms with Crippen LogP contribution in [0.1, 0.15) is 19.8 Å². The molecule has 0 amide bonds. The highest BCUT2D eigenvalue weighted by atomic mass is 35.5. The standard InChI is InChI=1S/C14H17ClN2/c1-2-12(15)8-10-17-14-13-6-4-3-5-11(13)7-9-16-14/h3-7,9,12H,2,8,10H2,1H3,(H,16,17). The third-order valence-electron chi connectivity index (χ3n) is 2.87. The topological polar surface area (TPSA) is 24.9 Å². The molecule has 1 aromatic carbocycles. The Bertz CT molecular complexity index is 479. The number of alkyl halides is 1. The zero-order valence-corrected chi connectivity index (χ0v) is 10.7. The van der Waals surface area contributed by atoms with E-state index in [4.69, 9.17) is 11.6 Å². The number of nitrogens with one attached hydrogen (secondary N) is 1. The number of hydrogen-bond acceptors (Lipinski definition) is 2. The van der Waals surface area contributed by atoms with Crippen LogP contribution in [-0.2, 0) is 0 Å². The first-order valence-electron chi connectivity index (χ1n) is 6.03. The van der Waals surface area contributed by atoms with Gasteiger partial charge in [0.15, 0.2) is 0 Å². The van der Waals surface area contributed by atoms with E-state index in [1.807, 2.05) is 24.4 Å². The lowest BCUT2D eigenvalue weighted by molar-refractivity contribution is 0.752. The summed E-state index contributed by atoms with van der Waals surface area (Å²) in [5.74, 6) is 0.947. The minimum atomic E-state index is 0.248. The number of pyridine rings is 1. The first-order valence-corrected chi connectivity index (χ1v) is 6.46. The highest BCUT2D eigenvalue weighted by Gasteiger charge is 2.03. The summed E-state index contributed by atoms with van der Waals surface area (Å²) in [6, 6.07) is 10.3. The van der Waals surface area contributed by atoms with E-state index in [0.717, 1.165) is 30.6 Å². The first-order chi connectivity index (χ1) is 8.31. The molecule has 3 heteroatoms. The number of hydrogen-bond donors (Lipinski definition) is 1. The number of aromatic nitrogens is 1. The average Bonchev–Trinajstić information content (AvgIpc) is 2.39. The molecule has 1 heterocycles. The van der Waals surface area contributed by atoms with Gasteiger partial charge in [0.25, 0.3) is 0 Å². The maximum Gasteiger partial charge on any atom is 0.133 e. The lowest BCUT2D eigenvalue weighted by Gasteiger charge is -2.10. The van der Waals surface area contributed by atoms with E-state index in [2.05, 4.69) is 29.4 Å². The summed E-state index contributed by atoms with van der Waals surface area (Å²) >= 11 is 6.09. The SMILES string of the molecule is CCC(Cl)CCNc1nccc2ccccc12. The maximum atomic E-state index is 6.09. The smallest absolute Gasteiger partial charge is 0.133 e. The molecule has 1 atom stereocenters. The van der Waals surface area contributed by atoms with Crippen LogP contribution in [0.25, 0.3) is 10.8 Å². The molecule has 0 radical (unpaired) electrons. The first kappa shape index (κ1) is 12.2. The number of rotatable bonds is 5. The predicted molar refractivity (Wildman–Crippen MR) is 74.8 cm³/mol. The lowest BCUT2D eigenvalue weighted by Crippen LogP contribution is -2.09. The van der Waals surface area contributed by atoms with Crippen LogP contribution in [0.3, 0.4) is 0 Å². The quantitative estimate of drug-likeness (QED) is 0.808. The lowest BCUT2D eigenvalue weighted by atomic mass is 10.1. The van der Waals surface area contributed by atoms with E-state index in [-0.39, 0.29) is 5.38 Å². The fourth-order valence-corrected chi connectivity index (χ4v) is 1.92. The number of benzene rings is 1. The monoisotopic (exact) mass is 248 g/mol. The van der Waals surface area contributed by atoms with Gasteiger partial charge in [-0.2, -0.15) is 0 Å². The zero-order valence-electron chi connectivity index (χ0n) is 9.99. The molecule has 1 aromatic heterocycles. The Morgan fingerprint density at radius 3 is 2.94 bits per heavy atom. The molecule has 0 bridgehead atoms. The predicted octanol–water partition coefficient (Wildman–Crippen LogP) is 4.05. The van der Waals surface area contributed by atoms with Crippen molar-refractivity contribution in [3.63, 3.8) is 0 Å². The number of nitrogens with zero attached hydrogens (tertiary/aromatic N) is 1. The zero-order chi connectivity index (χ0) is 12.1. The van der Waals surface area contributed by atoms with E-state index in [1.165, 1.54) is 5.39 Å². The van der Waals surface area contributed by atoms with Crippen molar-refractivity contribution >= 4 is 28.2 Å². The van der Waals surface area contributed by atoms with Gasteiger partial charge >= 0.3 is 0 Å². The molecule has 2 nitrogen and oxygen atoms in total. The molecule has 0 saturated carbocycles. The van der Waals surface area contributed by atoms with E-state index in [1.54, 1.807) is 0 Å². The third kappa shape index (κ3) is 3.10. The van der Waals surface area contributed by atoms with Gasteiger partial charge < -0.3 is 5.32 Å². The van der Waals surface area contributed by atoms with Crippen molar-refractivity contribution in [1.29, 1.82) is 0 Å². The fraction of sp³-hybridized carbons (Fsp3) is 0.357. The van der Waals surface area contributed by atoms with Gasteiger partial charge in [-0.1, -0.05) is 31.2 Å². The molecule has 1 N–H and O–H groups in total. The molecular formula is C14H17ClN2. The summed E-state index contributed by atoms with van der Waals surface area (Å²) in [5.41, 5.74) is 0. The van der Waals surface area contributed by atoms with Crippen LogP contribution in [-0.4, -0.2) is 16.9 Å². The molecule has 0 aliphatic carbocycles. The van der Waals surface area contributed by atoms with Crippen molar-refractivity contribution < 1.29 is 0 Å². The van der Waals surface area contributed by atoms with Gasteiger partial charge in [-0.3, -0.25) is 0 Å². The maximum absolute atomic E-state index is 6.09. The molecule has 2 rings (SSSR count). The van der Waals surface area contributed by atoms with Crippen LogP contribution in [0, 0.1) is 0 Å². The fourth-order valence-electron chi connectivity index (χ4n) is 1.81. The van der Waals surface area contributed by atoms with Gasteiger partial charge in [0.2, 0.25) is 0 Å². The second-order valence-electron chi connectivity index (χ2n) is 4.10. The molecule has 2 aromatic rings. The Morgan fingerprint density at radius 1 is 1.29 bits per heavy atom. The van der Waals surface area contributed by atoms with Crippen molar-refractivity contribution in [2.24, 2.45) is 0 Å². The summed E-state index contributed by atoms with van der Waals surface area (Å²) in [7, 11) is 0. The largest absolute Gasteiger partial charge is 0.370 e. The molecule has 17 heavy (non-hydrogen) atoms. The number of anilines is 1. The van der Waals surface area contributed by atoms with Crippen LogP contribution in [0.5, 0.6) is 0 Å². The summed E-state index contributed by atoms with van der Waals surface area (Å²) in [6.07, 6.45) is 3.80. The molecular weight excluding hydrogens is 232 g/mol. The van der Waals surface area contributed by atoms with Gasteiger partial charge in [0.05, 0.1) is 0 Å². The Hall–Kier alpha value is -1.28. The van der Waals surface area contributed by atoms with E-state index in [0.29, 0.717) is 0 Å². The number of halogens is 1. The molecule has 90 valence electrons. The molecule has 1 unspecified atom stereocenters. The van der Waals surface area contributed by atoms with Gasteiger partial charge in [-0.15, -0.1) is 11.6 Å². The van der Waals surface area contributed by atoms with E-state index >= 15 is 0 Å². The summed E-state index contributed by atoms with van der Waals surface area (Å²) in [5, 5.41) is 5.98. The summed E-state index contributed by atoms with van der Waals surface area (Å²) < 4.78 is 0. The Balaban J connectivity index is 2.08. The summed E-state index contributed by atoms with van der Waals surface area (Å²) in [4.78, 5) is 4.38. The Labute approximate surface area is 107 Å². The van der Waals surface area contributed by atoms with Crippen molar-refractivity contribution in [2.75, 3.05) is 11.9 Å². The Morgan fingerprint density at radius 2 is 2.12 bits per heavy atom. The van der Waals surface area contributed by atoms with Crippen LogP contribution in [0.2, 0.25) is 0 Å². The minimum absolute atomic E-state index is 0.248. The summed E-state index contributed by atoms with van der Waals surface area (Å²) in [6.45, 7) is 2.97. The van der Waals surface area contributed by atoms with Crippen molar-refractivity contribution in [2.45, 2.75) is 25.1 Å². The van der Waals surface area contributed by atoms with Crippen molar-refractivity contribution in [3.05, 3.63) is 36.5 Å². The number of fused-ring (bicyclic) bond motifs is 1.